The van der Waals surface area contributed by atoms with Crippen LogP contribution in [0, 0.1) is 11.3 Å². The maximum absolute atomic E-state index is 11.7. The van der Waals surface area contributed by atoms with E-state index in [1.807, 2.05) is 0 Å². The van der Waals surface area contributed by atoms with Gasteiger partial charge in [0.15, 0.2) is 0 Å². The predicted molar refractivity (Wildman–Crippen MR) is 52.4 cm³/mol. The Bertz CT molecular complexity index is 179. The van der Waals surface area contributed by atoms with Gasteiger partial charge < -0.3 is 4.74 Å². The molecule has 1 aliphatic carbocycles. The molecule has 0 bridgehead atoms. The van der Waals surface area contributed by atoms with Gasteiger partial charge in [-0.2, -0.15) is 0 Å². The van der Waals surface area contributed by atoms with Gasteiger partial charge in [-0.15, -0.1) is 0 Å². The fourth-order valence-corrected chi connectivity index (χ4v) is 2.40. The molecule has 13 heavy (non-hydrogen) atoms. The summed E-state index contributed by atoms with van der Waals surface area (Å²) >= 11 is 0. The van der Waals surface area contributed by atoms with Crippen molar-refractivity contribution in [2.45, 2.75) is 46.0 Å². The third-order valence-electron chi connectivity index (χ3n) is 3.44. The topological polar surface area (TPSA) is 26.3 Å². The highest BCUT2D eigenvalue weighted by Gasteiger charge is 2.42. The van der Waals surface area contributed by atoms with E-state index in [-0.39, 0.29) is 11.4 Å². The molecule has 2 nitrogen and oxygen atoms in total. The molecule has 2 heteroatoms. The van der Waals surface area contributed by atoms with E-state index in [0.29, 0.717) is 5.92 Å². The Labute approximate surface area is 80.7 Å². The van der Waals surface area contributed by atoms with Crippen molar-refractivity contribution in [3.05, 3.63) is 0 Å². The normalized spacial score (nSPS) is 21.5. The molecule has 0 aliphatic heterocycles. The molecule has 0 saturated heterocycles. The first-order valence-corrected chi connectivity index (χ1v) is 5.22. The van der Waals surface area contributed by atoms with E-state index in [9.17, 15) is 4.79 Å². The highest BCUT2D eigenvalue weighted by Crippen LogP contribution is 2.43. The summed E-state index contributed by atoms with van der Waals surface area (Å²) in [6, 6.07) is 0. The van der Waals surface area contributed by atoms with Crippen molar-refractivity contribution in [3.63, 3.8) is 0 Å². The lowest BCUT2D eigenvalue weighted by Gasteiger charge is -2.37. The zero-order valence-electron chi connectivity index (χ0n) is 8.93. The molecule has 0 heterocycles. The molecule has 0 aromatic rings. The second-order valence-corrected chi connectivity index (χ2v) is 4.36. The Kier molecular flexibility index (Phi) is 3.34. The van der Waals surface area contributed by atoms with Gasteiger partial charge in [-0.3, -0.25) is 4.79 Å². The molecule has 0 atom stereocenters. The number of esters is 1. The second kappa shape index (κ2) is 4.12. The van der Waals surface area contributed by atoms with Crippen LogP contribution in [0.2, 0.25) is 0 Å². The average molecular weight is 184 g/mol. The van der Waals surface area contributed by atoms with E-state index in [2.05, 4.69) is 13.8 Å². The third kappa shape index (κ3) is 1.87. The van der Waals surface area contributed by atoms with Crippen LogP contribution in [-0.2, 0) is 9.53 Å². The molecular weight excluding hydrogens is 164 g/mol. The first-order valence-electron chi connectivity index (χ1n) is 5.22. The smallest absolute Gasteiger partial charge is 0.312 e. The van der Waals surface area contributed by atoms with Crippen molar-refractivity contribution >= 4 is 5.97 Å². The highest BCUT2D eigenvalue weighted by atomic mass is 16.5. The number of ether oxygens (including phenoxy) is 1. The van der Waals surface area contributed by atoms with Crippen molar-refractivity contribution in [1.29, 1.82) is 0 Å². The van der Waals surface area contributed by atoms with Gasteiger partial charge in [0.1, 0.15) is 0 Å². The van der Waals surface area contributed by atoms with Crippen molar-refractivity contribution in [2.24, 2.45) is 11.3 Å². The lowest BCUT2D eigenvalue weighted by molar-refractivity contribution is -0.158. The van der Waals surface area contributed by atoms with Gasteiger partial charge in [0.2, 0.25) is 0 Å². The second-order valence-electron chi connectivity index (χ2n) is 4.36. The van der Waals surface area contributed by atoms with Crippen LogP contribution in [-0.4, -0.2) is 13.1 Å². The van der Waals surface area contributed by atoms with Crippen LogP contribution in [0.15, 0.2) is 0 Å². The van der Waals surface area contributed by atoms with Crippen LogP contribution in [0.25, 0.3) is 0 Å². The quantitative estimate of drug-likeness (QED) is 0.617. The molecule has 1 fully saturated rings. The third-order valence-corrected chi connectivity index (χ3v) is 3.44. The molecule has 0 N–H and O–H groups in total. The van der Waals surface area contributed by atoms with Crippen LogP contribution in [0.5, 0.6) is 0 Å². The molecule has 1 saturated carbocycles. The minimum absolute atomic E-state index is 0.00204. The molecule has 1 rings (SSSR count). The number of carbonyl (C=O) groups is 1. The fourth-order valence-electron chi connectivity index (χ4n) is 2.40. The SMILES string of the molecule is COC(=O)C1(C(C)C)CCCCC1. The summed E-state index contributed by atoms with van der Waals surface area (Å²) < 4.78 is 4.92. The maximum Gasteiger partial charge on any atom is 0.312 e. The average Bonchev–Trinajstić information content (AvgIpc) is 2.17. The molecule has 1 aliphatic rings. The minimum Gasteiger partial charge on any atom is -0.469 e. The summed E-state index contributed by atoms with van der Waals surface area (Å²) in [7, 11) is 1.50. The molecule has 0 aromatic heterocycles. The molecule has 0 amide bonds. The molecular formula is C11H20O2. The van der Waals surface area contributed by atoms with E-state index >= 15 is 0 Å². The number of rotatable bonds is 2. The first kappa shape index (κ1) is 10.6. The molecule has 76 valence electrons. The van der Waals surface area contributed by atoms with Crippen molar-refractivity contribution < 1.29 is 9.53 Å². The van der Waals surface area contributed by atoms with Gasteiger partial charge in [-0.1, -0.05) is 33.1 Å². The number of methoxy groups -OCH3 is 1. The predicted octanol–water partition coefficient (Wildman–Crippen LogP) is 2.77. The molecule has 0 unspecified atom stereocenters. The van der Waals surface area contributed by atoms with E-state index in [0.717, 1.165) is 12.8 Å². The van der Waals surface area contributed by atoms with Gasteiger partial charge in [-0.25, -0.2) is 0 Å². The van der Waals surface area contributed by atoms with E-state index in [4.69, 9.17) is 4.74 Å². The Balaban J connectivity index is 2.79. The van der Waals surface area contributed by atoms with Crippen LogP contribution in [0.4, 0.5) is 0 Å². The minimum atomic E-state index is -0.174. The summed E-state index contributed by atoms with van der Waals surface area (Å²) in [6.45, 7) is 4.25. The molecule has 0 radical (unpaired) electrons. The summed E-state index contributed by atoms with van der Waals surface area (Å²) in [5.74, 6) is 0.405. The number of hydrogen-bond acceptors (Lipinski definition) is 2. The van der Waals surface area contributed by atoms with Crippen LogP contribution in [0.3, 0.4) is 0 Å². The fraction of sp³-hybridized carbons (Fsp3) is 0.909. The zero-order valence-corrected chi connectivity index (χ0v) is 8.93. The maximum atomic E-state index is 11.7. The lowest BCUT2D eigenvalue weighted by atomic mass is 9.67. The first-order chi connectivity index (χ1) is 6.13. The zero-order chi connectivity index (χ0) is 9.90. The summed E-state index contributed by atoms with van der Waals surface area (Å²) in [5.41, 5.74) is -0.174. The van der Waals surface area contributed by atoms with Crippen LogP contribution >= 0.6 is 0 Å². The van der Waals surface area contributed by atoms with Gasteiger partial charge in [-0.05, 0) is 18.8 Å². The van der Waals surface area contributed by atoms with Gasteiger partial charge in [0.25, 0.3) is 0 Å². The van der Waals surface area contributed by atoms with Gasteiger partial charge in [0, 0.05) is 0 Å². The van der Waals surface area contributed by atoms with Gasteiger partial charge in [0.05, 0.1) is 12.5 Å². The lowest BCUT2D eigenvalue weighted by Crippen LogP contribution is -2.39. The Morgan fingerprint density at radius 2 is 1.77 bits per heavy atom. The van der Waals surface area contributed by atoms with Crippen molar-refractivity contribution in [2.75, 3.05) is 7.11 Å². The Hall–Kier alpha value is -0.530. The summed E-state index contributed by atoms with van der Waals surface area (Å²) in [5, 5.41) is 0. The van der Waals surface area contributed by atoms with E-state index in [1.54, 1.807) is 0 Å². The van der Waals surface area contributed by atoms with E-state index in [1.165, 1.54) is 26.4 Å². The number of carbonyl (C=O) groups excluding carboxylic acids is 1. The highest BCUT2D eigenvalue weighted by molar-refractivity contribution is 5.77. The monoisotopic (exact) mass is 184 g/mol. The summed E-state index contributed by atoms with van der Waals surface area (Å²) in [4.78, 5) is 11.7. The standard InChI is InChI=1S/C11H20O2/c1-9(2)11(10(12)13-3)7-5-4-6-8-11/h9H,4-8H2,1-3H3. The van der Waals surface area contributed by atoms with Crippen molar-refractivity contribution in [3.8, 4) is 0 Å². The van der Waals surface area contributed by atoms with Crippen LogP contribution in [0.1, 0.15) is 46.0 Å². The Morgan fingerprint density at radius 1 is 1.23 bits per heavy atom. The van der Waals surface area contributed by atoms with Crippen molar-refractivity contribution in [1.82, 2.24) is 0 Å². The van der Waals surface area contributed by atoms with Gasteiger partial charge >= 0.3 is 5.97 Å². The summed E-state index contributed by atoms with van der Waals surface area (Å²) in [6.07, 6.45) is 5.64. The largest absolute Gasteiger partial charge is 0.469 e. The number of hydrogen-bond donors (Lipinski definition) is 0. The Morgan fingerprint density at radius 3 is 2.15 bits per heavy atom. The van der Waals surface area contributed by atoms with E-state index < -0.39 is 0 Å². The molecule has 0 spiro atoms. The molecule has 0 aromatic carbocycles. The van der Waals surface area contributed by atoms with Crippen LogP contribution < -0.4 is 0 Å².